The zero-order chi connectivity index (χ0) is 14.6. The number of benzene rings is 1. The highest BCUT2D eigenvalue weighted by Gasteiger charge is 2.42. The number of nitrogens with zero attached hydrogens (tertiary/aromatic N) is 2. The number of imidazole rings is 1. The minimum Gasteiger partial charge on any atom is -0.373 e. The van der Waals surface area contributed by atoms with Crippen molar-refractivity contribution in [2.45, 2.75) is 50.9 Å². The quantitative estimate of drug-likeness (QED) is 0.807. The summed E-state index contributed by atoms with van der Waals surface area (Å²) >= 11 is 5.93. The van der Waals surface area contributed by atoms with Crippen LogP contribution in [-0.2, 0) is 11.2 Å². The van der Waals surface area contributed by atoms with Crippen LogP contribution in [0.3, 0.4) is 0 Å². The molecule has 5 heteroatoms. The lowest BCUT2D eigenvalue weighted by Gasteiger charge is -2.23. The minimum absolute atomic E-state index is 0.200. The maximum Gasteiger partial charge on any atom is 0.128 e. The van der Waals surface area contributed by atoms with Crippen LogP contribution < -0.4 is 0 Å². The molecule has 1 aromatic heterocycles. The molecule has 2 fully saturated rings. The average Bonchev–Trinajstić information content (AvgIpc) is 3.13. The van der Waals surface area contributed by atoms with E-state index in [2.05, 4.69) is 9.55 Å². The second-order valence-corrected chi connectivity index (χ2v) is 6.48. The van der Waals surface area contributed by atoms with Crippen LogP contribution in [0.5, 0.6) is 0 Å². The molecule has 3 unspecified atom stereocenters. The summed E-state index contributed by atoms with van der Waals surface area (Å²) in [4.78, 5) is 4.62. The van der Waals surface area contributed by atoms with E-state index in [0.29, 0.717) is 30.0 Å². The average molecular weight is 309 g/mol. The second kappa shape index (κ2) is 4.96. The molecular formula is C16H18ClFN2O. The summed E-state index contributed by atoms with van der Waals surface area (Å²) in [5.74, 6) is 1.27. The number of fused-ring (bicyclic) bond motifs is 3. The molecular weight excluding hydrogens is 291 g/mol. The predicted octanol–water partition coefficient (Wildman–Crippen LogP) is 3.76. The zero-order valence-electron chi connectivity index (χ0n) is 12.0. The van der Waals surface area contributed by atoms with Gasteiger partial charge in [-0.1, -0.05) is 0 Å². The van der Waals surface area contributed by atoms with Gasteiger partial charge in [-0.15, -0.1) is 11.6 Å². The molecule has 2 aliphatic rings. The number of alkyl halides is 1. The number of hydrogen-bond donors (Lipinski definition) is 0. The Balaban J connectivity index is 1.88. The standard InChI is InChI=1S/C16H18ClFN2O/c1-9-6-13-12(8-11(9)18)19-16(4-5-17)20(13)14-7-10-2-3-15(14)21-10/h6,8,10,14-15H,2-5,7H2,1H3. The van der Waals surface area contributed by atoms with Crippen molar-refractivity contribution in [2.24, 2.45) is 0 Å². The highest BCUT2D eigenvalue weighted by molar-refractivity contribution is 6.17. The van der Waals surface area contributed by atoms with E-state index in [-0.39, 0.29) is 11.9 Å². The van der Waals surface area contributed by atoms with E-state index in [4.69, 9.17) is 16.3 Å². The van der Waals surface area contributed by atoms with Gasteiger partial charge in [-0.3, -0.25) is 0 Å². The molecule has 21 heavy (non-hydrogen) atoms. The first-order chi connectivity index (χ1) is 10.2. The third-order valence-electron chi connectivity index (χ3n) is 4.77. The van der Waals surface area contributed by atoms with E-state index in [0.717, 1.165) is 36.1 Å². The molecule has 3 nitrogen and oxygen atoms in total. The van der Waals surface area contributed by atoms with Crippen LogP contribution in [0.25, 0.3) is 11.0 Å². The van der Waals surface area contributed by atoms with Crippen molar-refractivity contribution in [1.82, 2.24) is 9.55 Å². The summed E-state index contributed by atoms with van der Waals surface area (Å²) in [7, 11) is 0. The first-order valence-electron chi connectivity index (χ1n) is 7.55. The summed E-state index contributed by atoms with van der Waals surface area (Å²) in [6.07, 6.45) is 4.64. The summed E-state index contributed by atoms with van der Waals surface area (Å²) in [5.41, 5.74) is 2.39. The Morgan fingerprint density at radius 3 is 2.95 bits per heavy atom. The SMILES string of the molecule is Cc1cc2c(cc1F)nc(CCCl)n2C1CC2CCC1O2. The Bertz CT molecular complexity index is 699. The third-order valence-corrected chi connectivity index (χ3v) is 4.96. The summed E-state index contributed by atoms with van der Waals surface area (Å²) in [6, 6.07) is 3.76. The lowest BCUT2D eigenvalue weighted by Crippen LogP contribution is -2.23. The molecule has 3 heterocycles. The molecule has 2 aliphatic heterocycles. The fourth-order valence-corrected chi connectivity index (χ4v) is 3.95. The molecule has 0 spiro atoms. The Labute approximate surface area is 128 Å². The van der Waals surface area contributed by atoms with Crippen LogP contribution in [0.2, 0.25) is 0 Å². The number of halogens is 2. The first kappa shape index (κ1) is 13.5. The second-order valence-electron chi connectivity index (χ2n) is 6.10. The van der Waals surface area contributed by atoms with Crippen molar-refractivity contribution in [3.05, 3.63) is 29.3 Å². The van der Waals surface area contributed by atoms with Gasteiger partial charge < -0.3 is 9.30 Å². The number of ether oxygens (including phenoxy) is 1. The van der Waals surface area contributed by atoms with Crippen LogP contribution in [0, 0.1) is 12.7 Å². The number of hydrogen-bond acceptors (Lipinski definition) is 2. The molecule has 0 amide bonds. The van der Waals surface area contributed by atoms with Crippen LogP contribution in [0.15, 0.2) is 12.1 Å². The fraction of sp³-hybridized carbons (Fsp3) is 0.562. The van der Waals surface area contributed by atoms with E-state index >= 15 is 0 Å². The highest BCUT2D eigenvalue weighted by Crippen LogP contribution is 2.43. The van der Waals surface area contributed by atoms with Gasteiger partial charge in [-0.2, -0.15) is 0 Å². The molecule has 3 atom stereocenters. The molecule has 0 radical (unpaired) electrons. The summed E-state index contributed by atoms with van der Waals surface area (Å²) < 4.78 is 22.0. The van der Waals surface area contributed by atoms with Crippen molar-refractivity contribution >= 4 is 22.6 Å². The first-order valence-corrected chi connectivity index (χ1v) is 8.09. The van der Waals surface area contributed by atoms with Gasteiger partial charge in [0.2, 0.25) is 0 Å². The molecule has 0 N–H and O–H groups in total. The van der Waals surface area contributed by atoms with Gasteiger partial charge in [-0.05, 0) is 37.8 Å². The van der Waals surface area contributed by atoms with Gasteiger partial charge in [0.1, 0.15) is 11.6 Å². The number of aryl methyl sites for hydroxylation is 2. The van der Waals surface area contributed by atoms with Gasteiger partial charge >= 0.3 is 0 Å². The van der Waals surface area contributed by atoms with Crippen molar-refractivity contribution in [3.8, 4) is 0 Å². The van der Waals surface area contributed by atoms with E-state index < -0.39 is 0 Å². The van der Waals surface area contributed by atoms with Crippen molar-refractivity contribution in [1.29, 1.82) is 0 Å². The van der Waals surface area contributed by atoms with Crippen LogP contribution in [0.1, 0.15) is 36.7 Å². The normalized spacial score (nSPS) is 27.9. The smallest absolute Gasteiger partial charge is 0.128 e. The largest absolute Gasteiger partial charge is 0.373 e. The van der Waals surface area contributed by atoms with E-state index in [1.54, 1.807) is 6.92 Å². The van der Waals surface area contributed by atoms with Crippen molar-refractivity contribution in [2.75, 3.05) is 5.88 Å². The lowest BCUT2D eigenvalue weighted by atomic mass is 9.95. The highest BCUT2D eigenvalue weighted by atomic mass is 35.5. The predicted molar refractivity (Wildman–Crippen MR) is 80.4 cm³/mol. The van der Waals surface area contributed by atoms with Crippen LogP contribution >= 0.6 is 11.6 Å². The zero-order valence-corrected chi connectivity index (χ0v) is 12.7. The van der Waals surface area contributed by atoms with Crippen LogP contribution in [-0.4, -0.2) is 27.6 Å². The van der Waals surface area contributed by atoms with Gasteiger partial charge in [0.15, 0.2) is 0 Å². The van der Waals surface area contributed by atoms with E-state index in [1.165, 1.54) is 6.07 Å². The molecule has 1 aromatic carbocycles. The maximum atomic E-state index is 13.8. The van der Waals surface area contributed by atoms with E-state index in [9.17, 15) is 4.39 Å². The van der Waals surface area contributed by atoms with Crippen molar-refractivity contribution < 1.29 is 9.13 Å². The number of aromatic nitrogens is 2. The molecule has 4 rings (SSSR count). The van der Waals surface area contributed by atoms with Gasteiger partial charge in [-0.25, -0.2) is 9.37 Å². The molecule has 2 bridgehead atoms. The lowest BCUT2D eigenvalue weighted by molar-refractivity contribution is 0.0940. The molecule has 2 saturated heterocycles. The summed E-state index contributed by atoms with van der Waals surface area (Å²) in [5, 5.41) is 0. The Morgan fingerprint density at radius 2 is 2.29 bits per heavy atom. The molecule has 2 aromatic rings. The van der Waals surface area contributed by atoms with Gasteiger partial charge in [0, 0.05) is 18.4 Å². The fourth-order valence-electron chi connectivity index (χ4n) is 3.78. The van der Waals surface area contributed by atoms with E-state index in [1.807, 2.05) is 6.07 Å². The molecule has 0 saturated carbocycles. The Hall–Kier alpha value is -1.13. The maximum absolute atomic E-state index is 13.8. The van der Waals surface area contributed by atoms with Gasteiger partial charge in [0.05, 0.1) is 29.3 Å². The monoisotopic (exact) mass is 308 g/mol. The Morgan fingerprint density at radius 1 is 1.43 bits per heavy atom. The van der Waals surface area contributed by atoms with Crippen molar-refractivity contribution in [3.63, 3.8) is 0 Å². The topological polar surface area (TPSA) is 27.1 Å². The molecule has 112 valence electrons. The minimum atomic E-state index is -0.200. The summed E-state index contributed by atoms with van der Waals surface area (Å²) in [6.45, 7) is 1.80. The van der Waals surface area contributed by atoms with Crippen LogP contribution in [0.4, 0.5) is 4.39 Å². The third kappa shape index (κ3) is 2.08. The molecule has 0 aliphatic carbocycles. The number of rotatable bonds is 3. The van der Waals surface area contributed by atoms with Gasteiger partial charge in [0.25, 0.3) is 0 Å². The Kier molecular flexibility index (Phi) is 3.19.